The SMILES string of the molecule is CCOC(=O)c1cnc(Cc2ccccc2Cl)nc1N. The molecule has 104 valence electrons. The number of benzene rings is 1. The van der Waals surface area contributed by atoms with Crippen molar-refractivity contribution in [1.29, 1.82) is 0 Å². The van der Waals surface area contributed by atoms with Gasteiger partial charge in [0.25, 0.3) is 0 Å². The zero-order chi connectivity index (χ0) is 14.5. The maximum Gasteiger partial charge on any atom is 0.343 e. The summed E-state index contributed by atoms with van der Waals surface area (Å²) in [5, 5.41) is 0.643. The molecule has 0 spiro atoms. The summed E-state index contributed by atoms with van der Waals surface area (Å²) in [4.78, 5) is 19.8. The number of nitrogens with zero attached hydrogens (tertiary/aromatic N) is 2. The van der Waals surface area contributed by atoms with Crippen LogP contribution in [0.1, 0.15) is 28.7 Å². The van der Waals surface area contributed by atoms with E-state index in [1.165, 1.54) is 6.20 Å². The van der Waals surface area contributed by atoms with Gasteiger partial charge in [-0.3, -0.25) is 0 Å². The van der Waals surface area contributed by atoms with Crippen LogP contribution in [0.3, 0.4) is 0 Å². The molecule has 1 aromatic carbocycles. The summed E-state index contributed by atoms with van der Waals surface area (Å²) in [6.07, 6.45) is 1.83. The van der Waals surface area contributed by atoms with Crippen molar-refractivity contribution >= 4 is 23.4 Å². The number of aromatic nitrogens is 2. The largest absolute Gasteiger partial charge is 0.462 e. The molecule has 0 saturated heterocycles. The molecule has 0 saturated carbocycles. The van der Waals surface area contributed by atoms with Crippen LogP contribution in [0, 0.1) is 0 Å². The number of nitrogens with two attached hydrogens (primary N) is 1. The van der Waals surface area contributed by atoms with Gasteiger partial charge in [-0.2, -0.15) is 0 Å². The average molecular weight is 292 g/mol. The Morgan fingerprint density at radius 2 is 2.15 bits per heavy atom. The Bertz CT molecular complexity index is 632. The Hall–Kier alpha value is -2.14. The summed E-state index contributed by atoms with van der Waals surface area (Å²) in [6.45, 7) is 2.00. The Morgan fingerprint density at radius 1 is 1.40 bits per heavy atom. The van der Waals surface area contributed by atoms with Gasteiger partial charge in [-0.05, 0) is 18.6 Å². The summed E-state index contributed by atoms with van der Waals surface area (Å²) in [5.74, 6) is 0.0958. The number of ether oxygens (including phenoxy) is 1. The van der Waals surface area contributed by atoms with Gasteiger partial charge in [-0.1, -0.05) is 29.8 Å². The van der Waals surface area contributed by atoms with Crippen molar-refractivity contribution in [2.45, 2.75) is 13.3 Å². The lowest BCUT2D eigenvalue weighted by molar-refractivity contribution is 0.0526. The fraction of sp³-hybridized carbons (Fsp3) is 0.214. The molecule has 5 nitrogen and oxygen atoms in total. The summed E-state index contributed by atoms with van der Waals surface area (Å²) >= 11 is 6.08. The lowest BCUT2D eigenvalue weighted by atomic mass is 10.1. The monoisotopic (exact) mass is 291 g/mol. The molecule has 0 aliphatic rings. The Balaban J connectivity index is 2.21. The summed E-state index contributed by atoms with van der Waals surface area (Å²) in [6, 6.07) is 7.43. The van der Waals surface area contributed by atoms with Crippen molar-refractivity contribution < 1.29 is 9.53 Å². The molecule has 0 unspecified atom stereocenters. The van der Waals surface area contributed by atoms with Crippen molar-refractivity contribution in [2.24, 2.45) is 0 Å². The second kappa shape index (κ2) is 6.34. The minimum absolute atomic E-state index is 0.112. The molecule has 1 heterocycles. The predicted molar refractivity (Wildman–Crippen MR) is 76.7 cm³/mol. The lowest BCUT2D eigenvalue weighted by Gasteiger charge is -2.07. The van der Waals surface area contributed by atoms with E-state index in [4.69, 9.17) is 22.1 Å². The Labute approximate surface area is 121 Å². The van der Waals surface area contributed by atoms with Crippen molar-refractivity contribution in [3.8, 4) is 0 Å². The van der Waals surface area contributed by atoms with Crippen LogP contribution < -0.4 is 5.73 Å². The molecule has 0 amide bonds. The lowest BCUT2D eigenvalue weighted by Crippen LogP contribution is -2.12. The van der Waals surface area contributed by atoms with E-state index in [0.29, 0.717) is 17.3 Å². The van der Waals surface area contributed by atoms with E-state index in [1.807, 2.05) is 18.2 Å². The van der Waals surface area contributed by atoms with Gasteiger partial charge in [0.15, 0.2) is 0 Å². The molecule has 0 atom stereocenters. The van der Waals surface area contributed by atoms with E-state index in [0.717, 1.165) is 5.56 Å². The number of nitrogen functional groups attached to an aromatic ring is 1. The number of carbonyl (C=O) groups excluding carboxylic acids is 1. The van der Waals surface area contributed by atoms with Crippen LogP contribution in [0.4, 0.5) is 5.82 Å². The third-order valence-corrected chi connectivity index (χ3v) is 3.04. The second-order valence-electron chi connectivity index (χ2n) is 4.07. The van der Waals surface area contributed by atoms with Crippen molar-refractivity contribution in [1.82, 2.24) is 9.97 Å². The van der Waals surface area contributed by atoms with Crippen molar-refractivity contribution in [2.75, 3.05) is 12.3 Å². The highest BCUT2D eigenvalue weighted by Crippen LogP contribution is 2.18. The topological polar surface area (TPSA) is 78.1 Å². The number of carbonyl (C=O) groups is 1. The fourth-order valence-electron chi connectivity index (χ4n) is 1.70. The number of anilines is 1. The third kappa shape index (κ3) is 3.24. The van der Waals surface area contributed by atoms with Crippen LogP contribution in [0.2, 0.25) is 5.02 Å². The Morgan fingerprint density at radius 3 is 2.80 bits per heavy atom. The van der Waals surface area contributed by atoms with Gasteiger partial charge < -0.3 is 10.5 Å². The summed E-state index contributed by atoms with van der Waals surface area (Å²) in [5.41, 5.74) is 6.84. The highest BCUT2D eigenvalue weighted by atomic mass is 35.5. The Kier molecular flexibility index (Phi) is 4.53. The number of rotatable bonds is 4. The van der Waals surface area contributed by atoms with Gasteiger partial charge in [0.2, 0.25) is 0 Å². The number of halogens is 1. The zero-order valence-electron chi connectivity index (χ0n) is 11.0. The minimum atomic E-state index is -0.519. The van der Waals surface area contributed by atoms with E-state index in [2.05, 4.69) is 9.97 Å². The van der Waals surface area contributed by atoms with Gasteiger partial charge in [0.1, 0.15) is 17.2 Å². The van der Waals surface area contributed by atoms with Crippen LogP contribution >= 0.6 is 11.6 Å². The highest BCUT2D eigenvalue weighted by Gasteiger charge is 2.14. The molecule has 6 heteroatoms. The zero-order valence-corrected chi connectivity index (χ0v) is 11.7. The first-order valence-electron chi connectivity index (χ1n) is 6.13. The van der Waals surface area contributed by atoms with E-state index < -0.39 is 5.97 Å². The molecule has 2 N–H and O–H groups in total. The molecule has 0 aliphatic heterocycles. The summed E-state index contributed by atoms with van der Waals surface area (Å²) in [7, 11) is 0. The van der Waals surface area contributed by atoms with E-state index in [1.54, 1.807) is 13.0 Å². The smallest absolute Gasteiger partial charge is 0.343 e. The molecule has 0 aliphatic carbocycles. The molecule has 20 heavy (non-hydrogen) atoms. The summed E-state index contributed by atoms with van der Waals surface area (Å²) < 4.78 is 4.87. The maximum atomic E-state index is 11.6. The van der Waals surface area contributed by atoms with E-state index in [-0.39, 0.29) is 18.0 Å². The van der Waals surface area contributed by atoms with Gasteiger partial charge >= 0.3 is 5.97 Å². The molecule has 2 aromatic rings. The van der Waals surface area contributed by atoms with Crippen LogP contribution in [0.15, 0.2) is 30.5 Å². The molecular weight excluding hydrogens is 278 g/mol. The second-order valence-corrected chi connectivity index (χ2v) is 4.48. The molecular formula is C14H14ClN3O2. The number of hydrogen-bond donors (Lipinski definition) is 1. The predicted octanol–water partition coefficient (Wildman–Crippen LogP) is 2.48. The van der Waals surface area contributed by atoms with Gasteiger partial charge in [-0.25, -0.2) is 14.8 Å². The van der Waals surface area contributed by atoms with E-state index in [9.17, 15) is 4.79 Å². The van der Waals surface area contributed by atoms with Crippen molar-refractivity contribution in [3.05, 3.63) is 52.4 Å². The van der Waals surface area contributed by atoms with Crippen LogP contribution in [-0.4, -0.2) is 22.5 Å². The molecule has 0 radical (unpaired) electrons. The quantitative estimate of drug-likeness (QED) is 0.876. The molecule has 2 rings (SSSR count). The van der Waals surface area contributed by atoms with Crippen LogP contribution in [0.25, 0.3) is 0 Å². The first kappa shape index (κ1) is 14.3. The molecule has 0 fully saturated rings. The minimum Gasteiger partial charge on any atom is -0.462 e. The van der Waals surface area contributed by atoms with E-state index >= 15 is 0 Å². The standard InChI is InChI=1S/C14H14ClN3O2/c1-2-20-14(19)10-8-17-12(18-13(10)16)7-9-5-3-4-6-11(9)15/h3-6,8H,2,7H2,1H3,(H2,16,17,18). The maximum absolute atomic E-state index is 11.6. The van der Waals surface area contributed by atoms with Gasteiger partial charge in [0, 0.05) is 17.6 Å². The number of hydrogen-bond acceptors (Lipinski definition) is 5. The van der Waals surface area contributed by atoms with Crippen LogP contribution in [0.5, 0.6) is 0 Å². The molecule has 0 bridgehead atoms. The first-order valence-corrected chi connectivity index (χ1v) is 6.51. The highest BCUT2D eigenvalue weighted by molar-refractivity contribution is 6.31. The fourth-order valence-corrected chi connectivity index (χ4v) is 1.90. The van der Waals surface area contributed by atoms with Crippen molar-refractivity contribution in [3.63, 3.8) is 0 Å². The average Bonchev–Trinajstić information content (AvgIpc) is 2.42. The first-order chi connectivity index (χ1) is 9.61. The third-order valence-electron chi connectivity index (χ3n) is 2.67. The van der Waals surface area contributed by atoms with Crippen LogP contribution in [-0.2, 0) is 11.2 Å². The normalized spacial score (nSPS) is 10.3. The van der Waals surface area contributed by atoms with Gasteiger partial charge in [0.05, 0.1) is 6.61 Å². The van der Waals surface area contributed by atoms with Gasteiger partial charge in [-0.15, -0.1) is 0 Å². The number of esters is 1. The molecule has 1 aromatic heterocycles.